The Morgan fingerprint density at radius 1 is 1.32 bits per heavy atom. The summed E-state index contributed by atoms with van der Waals surface area (Å²) in [5, 5.41) is 0. The number of aliphatic imine (C=N–C) groups is 2. The third-order valence-electron chi connectivity index (χ3n) is 2.99. The second kappa shape index (κ2) is 4.90. The van der Waals surface area contributed by atoms with Gasteiger partial charge in [0.05, 0.1) is 23.6 Å². The summed E-state index contributed by atoms with van der Waals surface area (Å²) >= 11 is 5.90. The zero-order chi connectivity index (χ0) is 13.2. The van der Waals surface area contributed by atoms with Crippen molar-refractivity contribution in [3.8, 4) is 0 Å². The van der Waals surface area contributed by atoms with Gasteiger partial charge in [-0.2, -0.15) is 0 Å². The number of rotatable bonds is 2. The van der Waals surface area contributed by atoms with Crippen LogP contribution in [0, 0.1) is 0 Å². The van der Waals surface area contributed by atoms with E-state index in [4.69, 9.17) is 17.3 Å². The largest absolute Gasteiger partial charge is 0.386 e. The van der Waals surface area contributed by atoms with Crippen LogP contribution in [0.15, 0.2) is 46.5 Å². The molecule has 0 saturated carbocycles. The molecule has 0 radical (unpaired) electrons. The average molecular weight is 273 g/mol. The lowest BCUT2D eigenvalue weighted by Gasteiger charge is -2.08. The van der Waals surface area contributed by atoms with E-state index < -0.39 is 0 Å². The predicted octanol–water partition coefficient (Wildman–Crippen LogP) is 2.59. The fourth-order valence-corrected chi connectivity index (χ4v) is 2.26. The van der Waals surface area contributed by atoms with Crippen molar-refractivity contribution in [3.63, 3.8) is 0 Å². The van der Waals surface area contributed by atoms with Crippen molar-refractivity contribution in [1.29, 1.82) is 0 Å². The third kappa shape index (κ3) is 2.27. The van der Waals surface area contributed by atoms with Crippen LogP contribution in [-0.4, -0.2) is 23.1 Å². The highest BCUT2D eigenvalue weighted by Crippen LogP contribution is 2.26. The summed E-state index contributed by atoms with van der Waals surface area (Å²) in [5.41, 5.74) is 10.5. The smallest absolute Gasteiger partial charge is 0.121 e. The highest BCUT2D eigenvalue weighted by atomic mass is 35.5. The maximum atomic E-state index is 5.90. The summed E-state index contributed by atoms with van der Waals surface area (Å²) in [6.45, 7) is 0.402. The third-order valence-corrected chi connectivity index (χ3v) is 3.30. The van der Waals surface area contributed by atoms with Crippen molar-refractivity contribution in [3.05, 3.63) is 53.3 Å². The molecule has 0 saturated heterocycles. The number of hydrogen-bond donors (Lipinski definition) is 2. The van der Waals surface area contributed by atoms with E-state index >= 15 is 0 Å². The Hall–Kier alpha value is -2.07. The summed E-state index contributed by atoms with van der Waals surface area (Å²) in [6.07, 6.45) is 1.87. The molecule has 0 fully saturated rings. The van der Waals surface area contributed by atoms with Gasteiger partial charge in [0.25, 0.3) is 0 Å². The monoisotopic (exact) mass is 272 g/mol. The van der Waals surface area contributed by atoms with Gasteiger partial charge >= 0.3 is 0 Å². The first kappa shape index (κ1) is 12.0. The van der Waals surface area contributed by atoms with E-state index in [9.17, 15) is 0 Å². The van der Waals surface area contributed by atoms with Gasteiger partial charge < -0.3 is 10.7 Å². The van der Waals surface area contributed by atoms with Crippen molar-refractivity contribution in [2.24, 2.45) is 15.7 Å². The summed E-state index contributed by atoms with van der Waals surface area (Å²) < 4.78 is 0. The molecule has 0 atom stereocenters. The lowest BCUT2D eigenvalue weighted by atomic mass is 10.0. The van der Waals surface area contributed by atoms with Crippen molar-refractivity contribution in [1.82, 2.24) is 4.98 Å². The number of nitrogens with one attached hydrogen (secondary N) is 1. The molecule has 1 aromatic heterocycles. The molecule has 2 aromatic rings. The summed E-state index contributed by atoms with van der Waals surface area (Å²) in [6, 6.07) is 9.84. The number of halogens is 1. The van der Waals surface area contributed by atoms with E-state index in [1.54, 1.807) is 0 Å². The number of nitrogens with zero attached hydrogens (tertiary/aromatic N) is 2. The number of hydrogen-bond acceptors (Lipinski definition) is 3. The molecule has 1 aliphatic rings. The normalized spacial score (nSPS) is 14.4. The minimum Gasteiger partial charge on any atom is -0.386 e. The van der Waals surface area contributed by atoms with E-state index in [1.165, 1.54) is 0 Å². The molecular weight excluding hydrogens is 260 g/mol. The molecule has 0 amide bonds. The first-order valence-corrected chi connectivity index (χ1v) is 6.52. The Kier molecular flexibility index (Phi) is 3.09. The average Bonchev–Trinajstić information content (AvgIpc) is 2.89. The molecule has 3 rings (SSSR count). The van der Waals surface area contributed by atoms with Gasteiger partial charge in [-0.1, -0.05) is 6.07 Å². The number of H-pyrrole nitrogens is 1. The SMILES string of the molecule is NC1=Nc2ccc(CCl)cc2C(c2ccc[nH]2)=NC1. The maximum absolute atomic E-state index is 5.90. The molecule has 96 valence electrons. The minimum atomic E-state index is 0.402. The molecule has 0 bridgehead atoms. The van der Waals surface area contributed by atoms with Gasteiger partial charge in [0.15, 0.2) is 0 Å². The summed E-state index contributed by atoms with van der Waals surface area (Å²) in [4.78, 5) is 12.1. The highest BCUT2D eigenvalue weighted by molar-refractivity contribution is 6.18. The van der Waals surface area contributed by atoms with Crippen LogP contribution in [0.3, 0.4) is 0 Å². The number of amidine groups is 1. The van der Waals surface area contributed by atoms with Gasteiger partial charge in [-0.3, -0.25) is 4.99 Å². The second-order valence-corrected chi connectivity index (χ2v) is 4.60. The molecule has 3 N–H and O–H groups in total. The molecule has 0 spiro atoms. The summed E-state index contributed by atoms with van der Waals surface area (Å²) in [7, 11) is 0. The lowest BCUT2D eigenvalue weighted by molar-refractivity contribution is 1.25. The van der Waals surface area contributed by atoms with Gasteiger partial charge in [0.1, 0.15) is 5.84 Å². The molecule has 2 heterocycles. The number of alkyl halides is 1. The van der Waals surface area contributed by atoms with Crippen LogP contribution >= 0.6 is 11.6 Å². The number of aromatic nitrogens is 1. The highest BCUT2D eigenvalue weighted by Gasteiger charge is 2.16. The molecule has 1 aliphatic heterocycles. The van der Waals surface area contributed by atoms with Gasteiger partial charge in [0, 0.05) is 17.6 Å². The van der Waals surface area contributed by atoms with Crippen LogP contribution in [0.25, 0.3) is 0 Å². The molecule has 5 heteroatoms. The Bertz CT molecular complexity index is 656. The first-order valence-electron chi connectivity index (χ1n) is 5.98. The van der Waals surface area contributed by atoms with E-state index in [1.807, 2.05) is 36.5 Å². The van der Waals surface area contributed by atoms with E-state index in [2.05, 4.69) is 15.0 Å². The molecule has 19 heavy (non-hydrogen) atoms. The Balaban J connectivity index is 2.20. The van der Waals surface area contributed by atoms with Crippen molar-refractivity contribution < 1.29 is 0 Å². The predicted molar refractivity (Wildman–Crippen MR) is 78.6 cm³/mol. The van der Waals surface area contributed by atoms with Gasteiger partial charge in [-0.25, -0.2) is 4.99 Å². The van der Waals surface area contributed by atoms with Crippen LogP contribution in [0.4, 0.5) is 5.69 Å². The van der Waals surface area contributed by atoms with Crippen LogP contribution < -0.4 is 5.73 Å². The molecule has 0 unspecified atom stereocenters. The van der Waals surface area contributed by atoms with Gasteiger partial charge in [-0.15, -0.1) is 11.6 Å². The number of fused-ring (bicyclic) bond motifs is 1. The molecule has 0 aliphatic carbocycles. The van der Waals surface area contributed by atoms with Crippen LogP contribution in [0.2, 0.25) is 0 Å². The Morgan fingerprint density at radius 3 is 2.95 bits per heavy atom. The zero-order valence-electron chi connectivity index (χ0n) is 10.2. The minimum absolute atomic E-state index is 0.402. The molecular formula is C14H13ClN4. The summed E-state index contributed by atoms with van der Waals surface area (Å²) in [5.74, 6) is 0.978. The number of nitrogens with two attached hydrogens (primary N) is 1. The standard InChI is InChI=1S/C14H13ClN4/c15-7-9-3-4-11-10(6-9)14(12-2-1-5-17-12)18-8-13(16)19-11/h1-6,17H,7-8H2,(H2,16,19). The first-order chi connectivity index (χ1) is 9.28. The number of aromatic amines is 1. The van der Waals surface area contributed by atoms with Crippen LogP contribution in [0.1, 0.15) is 16.8 Å². The number of benzene rings is 1. The van der Waals surface area contributed by atoms with E-state index in [-0.39, 0.29) is 0 Å². The van der Waals surface area contributed by atoms with Crippen LogP contribution in [-0.2, 0) is 5.88 Å². The van der Waals surface area contributed by atoms with E-state index in [0.29, 0.717) is 18.3 Å². The lowest BCUT2D eigenvalue weighted by Crippen LogP contribution is -2.14. The topological polar surface area (TPSA) is 66.5 Å². The maximum Gasteiger partial charge on any atom is 0.121 e. The van der Waals surface area contributed by atoms with Crippen molar-refractivity contribution in [2.45, 2.75) is 5.88 Å². The van der Waals surface area contributed by atoms with E-state index in [0.717, 1.165) is 28.2 Å². The van der Waals surface area contributed by atoms with Crippen LogP contribution in [0.5, 0.6) is 0 Å². The Labute approximate surface area is 116 Å². The van der Waals surface area contributed by atoms with Crippen molar-refractivity contribution >= 4 is 28.8 Å². The zero-order valence-corrected chi connectivity index (χ0v) is 11.0. The second-order valence-electron chi connectivity index (χ2n) is 4.34. The molecule has 1 aromatic carbocycles. The molecule has 4 nitrogen and oxygen atoms in total. The van der Waals surface area contributed by atoms with Gasteiger partial charge in [-0.05, 0) is 29.8 Å². The van der Waals surface area contributed by atoms with Gasteiger partial charge in [0.2, 0.25) is 0 Å². The fourth-order valence-electron chi connectivity index (χ4n) is 2.10. The fraction of sp³-hybridized carbons (Fsp3) is 0.143. The quantitative estimate of drug-likeness (QED) is 0.811. The van der Waals surface area contributed by atoms with Crippen molar-refractivity contribution in [2.75, 3.05) is 6.54 Å². The Morgan fingerprint density at radius 2 is 2.21 bits per heavy atom.